The zero-order valence-electron chi connectivity index (χ0n) is 27.7. The van der Waals surface area contributed by atoms with E-state index in [2.05, 4.69) is 10.2 Å². The summed E-state index contributed by atoms with van der Waals surface area (Å²) < 4.78 is 23.5. The topological polar surface area (TPSA) is 89.6 Å². The van der Waals surface area contributed by atoms with E-state index in [1.807, 2.05) is 91.8 Å². The molecule has 0 saturated carbocycles. The molecule has 246 valence electrons. The molecule has 4 aromatic carbocycles. The molecule has 0 aliphatic carbocycles. The van der Waals surface area contributed by atoms with Gasteiger partial charge in [0.1, 0.15) is 35.7 Å². The summed E-state index contributed by atoms with van der Waals surface area (Å²) in [5, 5.41) is 3.02. The second-order valence-electron chi connectivity index (χ2n) is 11.8. The molecule has 47 heavy (non-hydrogen) atoms. The summed E-state index contributed by atoms with van der Waals surface area (Å²) >= 11 is 0. The van der Waals surface area contributed by atoms with Crippen molar-refractivity contribution in [3.8, 4) is 45.3 Å². The van der Waals surface area contributed by atoms with Crippen LogP contribution in [0.1, 0.15) is 30.1 Å². The summed E-state index contributed by atoms with van der Waals surface area (Å²) in [6.07, 6.45) is 1.64. The molecule has 0 radical (unpaired) electrons. The predicted octanol–water partition coefficient (Wildman–Crippen LogP) is 6.62. The highest BCUT2D eigenvalue weighted by atomic mass is 16.5. The highest BCUT2D eigenvalue weighted by Gasteiger charge is 2.22. The number of carbonyl (C=O) groups is 2. The number of nitrogens with one attached hydrogen (secondary N) is 1. The lowest BCUT2D eigenvalue weighted by atomic mass is 10.0. The van der Waals surface area contributed by atoms with Crippen LogP contribution in [0.25, 0.3) is 22.3 Å². The van der Waals surface area contributed by atoms with Gasteiger partial charge in [0.05, 0.1) is 14.2 Å². The average molecular weight is 638 g/mol. The number of hydrogen-bond donors (Lipinski definition) is 1. The summed E-state index contributed by atoms with van der Waals surface area (Å²) in [7, 11) is 7.25. The van der Waals surface area contributed by atoms with Gasteiger partial charge < -0.3 is 34.1 Å². The van der Waals surface area contributed by atoms with Gasteiger partial charge in [-0.05, 0) is 79.8 Å². The van der Waals surface area contributed by atoms with Gasteiger partial charge >= 0.3 is 0 Å². The first-order valence-corrected chi connectivity index (χ1v) is 15.8. The average Bonchev–Trinajstić information content (AvgIpc) is 3.08. The minimum Gasteiger partial charge on any atom is -0.497 e. The number of anilines is 1. The molecule has 2 amide bonds. The normalized spacial score (nSPS) is 13.3. The van der Waals surface area contributed by atoms with E-state index in [0.29, 0.717) is 36.7 Å². The van der Waals surface area contributed by atoms with Gasteiger partial charge in [0.2, 0.25) is 5.91 Å². The smallest absolute Gasteiger partial charge is 0.255 e. The predicted molar refractivity (Wildman–Crippen MR) is 185 cm³/mol. The van der Waals surface area contributed by atoms with E-state index in [1.165, 1.54) is 0 Å². The summed E-state index contributed by atoms with van der Waals surface area (Å²) in [6.45, 7) is 4.31. The monoisotopic (exact) mass is 637 g/mol. The van der Waals surface area contributed by atoms with Crippen molar-refractivity contribution in [1.29, 1.82) is 0 Å². The Morgan fingerprint density at radius 2 is 1.57 bits per heavy atom. The Morgan fingerprint density at radius 3 is 2.26 bits per heavy atom. The van der Waals surface area contributed by atoms with Gasteiger partial charge in [-0.15, -0.1) is 0 Å². The molecule has 0 aromatic heterocycles. The number of likely N-dealkylation sites (tertiary alicyclic amines) is 1. The van der Waals surface area contributed by atoms with E-state index in [0.717, 1.165) is 58.9 Å². The highest BCUT2D eigenvalue weighted by Crippen LogP contribution is 2.36. The number of rotatable bonds is 12. The molecule has 1 aliphatic rings. The van der Waals surface area contributed by atoms with Crippen LogP contribution < -0.4 is 24.3 Å². The van der Waals surface area contributed by atoms with Crippen LogP contribution in [0.3, 0.4) is 0 Å². The number of likely N-dealkylation sites (N-methyl/N-ethyl adjacent to an activating group) is 1. The van der Waals surface area contributed by atoms with E-state index in [1.54, 1.807) is 33.3 Å². The van der Waals surface area contributed by atoms with Gasteiger partial charge in [-0.1, -0.05) is 24.3 Å². The first-order valence-electron chi connectivity index (χ1n) is 15.8. The van der Waals surface area contributed by atoms with Crippen molar-refractivity contribution in [1.82, 2.24) is 9.80 Å². The van der Waals surface area contributed by atoms with Crippen LogP contribution in [-0.4, -0.2) is 82.3 Å². The van der Waals surface area contributed by atoms with Crippen LogP contribution in [0.5, 0.6) is 23.0 Å². The zero-order valence-corrected chi connectivity index (χ0v) is 27.7. The number of ether oxygens (including phenoxy) is 4. The first kappa shape index (κ1) is 33.3. The third kappa shape index (κ3) is 8.62. The molecule has 1 N–H and O–H groups in total. The van der Waals surface area contributed by atoms with Gasteiger partial charge in [-0.2, -0.15) is 0 Å². The van der Waals surface area contributed by atoms with Crippen molar-refractivity contribution < 1.29 is 28.5 Å². The molecule has 5 rings (SSSR count). The minimum atomic E-state index is -0.229. The molecular weight excluding hydrogens is 594 g/mol. The molecule has 0 bridgehead atoms. The van der Waals surface area contributed by atoms with Crippen molar-refractivity contribution in [3.05, 3.63) is 90.5 Å². The van der Waals surface area contributed by atoms with Crippen LogP contribution >= 0.6 is 0 Å². The molecule has 4 aromatic rings. The molecule has 9 nitrogen and oxygen atoms in total. The molecule has 1 heterocycles. The third-order valence-corrected chi connectivity index (χ3v) is 8.24. The Balaban J connectivity index is 1.31. The first-order chi connectivity index (χ1) is 22.7. The van der Waals surface area contributed by atoms with Crippen molar-refractivity contribution in [2.75, 3.05) is 59.9 Å². The molecule has 0 spiro atoms. The molecular formula is C38H43N3O6. The van der Waals surface area contributed by atoms with Crippen LogP contribution in [0.15, 0.2) is 84.9 Å². The lowest BCUT2D eigenvalue weighted by Crippen LogP contribution is -2.40. The van der Waals surface area contributed by atoms with E-state index >= 15 is 0 Å². The number of amides is 2. The standard InChI is InChI=1S/C38H43N3O6/c1-26(42)41-19-17-31(18-20-41)47-33-14-15-34(37(25-33)46-22-21-40(2)3)27-9-12-30(13-10-27)39-38(43)29-11-16-36(45-5)35(24-29)28-7-6-8-32(23-28)44-4/h6-16,23-25,31H,17-22H2,1-5H3,(H,39,43). The molecule has 1 fully saturated rings. The largest absolute Gasteiger partial charge is 0.497 e. The molecule has 1 saturated heterocycles. The van der Waals surface area contributed by atoms with Gasteiger partial charge in [-0.3, -0.25) is 9.59 Å². The fourth-order valence-electron chi connectivity index (χ4n) is 5.55. The zero-order chi connectivity index (χ0) is 33.3. The van der Waals surface area contributed by atoms with Crippen molar-refractivity contribution in [2.24, 2.45) is 0 Å². The number of benzene rings is 4. The number of hydrogen-bond acceptors (Lipinski definition) is 7. The number of methoxy groups -OCH3 is 2. The maximum Gasteiger partial charge on any atom is 0.255 e. The lowest BCUT2D eigenvalue weighted by Gasteiger charge is -2.31. The van der Waals surface area contributed by atoms with Gasteiger partial charge in [-0.25, -0.2) is 0 Å². The Bertz CT molecular complexity index is 1680. The second kappa shape index (κ2) is 15.5. The Labute approximate surface area is 277 Å². The molecule has 1 aliphatic heterocycles. The summed E-state index contributed by atoms with van der Waals surface area (Å²) in [4.78, 5) is 29.0. The van der Waals surface area contributed by atoms with E-state index in [9.17, 15) is 9.59 Å². The van der Waals surface area contributed by atoms with Gasteiger partial charge in [0.25, 0.3) is 5.91 Å². The SMILES string of the molecule is COc1cccc(-c2cc(C(=O)Nc3ccc(-c4ccc(OC5CCN(C(C)=O)CC5)cc4OCCN(C)C)cc3)ccc2OC)c1. The fourth-order valence-corrected chi connectivity index (χ4v) is 5.55. The van der Waals surface area contributed by atoms with E-state index < -0.39 is 0 Å². The van der Waals surface area contributed by atoms with Crippen LogP contribution in [0, 0.1) is 0 Å². The molecule has 0 atom stereocenters. The quantitative estimate of drug-likeness (QED) is 0.187. The van der Waals surface area contributed by atoms with Crippen LogP contribution in [0.2, 0.25) is 0 Å². The fraction of sp³-hybridized carbons (Fsp3) is 0.316. The van der Waals surface area contributed by atoms with Crippen molar-refractivity contribution >= 4 is 17.5 Å². The Morgan fingerprint density at radius 1 is 0.809 bits per heavy atom. The minimum absolute atomic E-state index is 0.0475. The number of carbonyl (C=O) groups excluding carboxylic acids is 2. The Kier molecular flexibility index (Phi) is 11.0. The molecule has 9 heteroatoms. The highest BCUT2D eigenvalue weighted by molar-refractivity contribution is 6.05. The summed E-state index contributed by atoms with van der Waals surface area (Å²) in [5.74, 6) is 2.73. The maximum atomic E-state index is 13.3. The van der Waals surface area contributed by atoms with E-state index in [4.69, 9.17) is 18.9 Å². The lowest BCUT2D eigenvalue weighted by molar-refractivity contribution is -0.130. The van der Waals surface area contributed by atoms with Crippen LogP contribution in [-0.2, 0) is 4.79 Å². The van der Waals surface area contributed by atoms with Crippen LogP contribution in [0.4, 0.5) is 5.69 Å². The second-order valence-corrected chi connectivity index (χ2v) is 11.8. The summed E-state index contributed by atoms with van der Waals surface area (Å²) in [5.41, 5.74) is 4.74. The summed E-state index contributed by atoms with van der Waals surface area (Å²) in [6, 6.07) is 26.6. The van der Waals surface area contributed by atoms with Gasteiger partial charge in [0, 0.05) is 67.8 Å². The number of piperidine rings is 1. The molecule has 0 unspecified atom stereocenters. The third-order valence-electron chi connectivity index (χ3n) is 8.24. The maximum absolute atomic E-state index is 13.3. The Hall–Kier alpha value is -5.02. The van der Waals surface area contributed by atoms with Crippen molar-refractivity contribution in [3.63, 3.8) is 0 Å². The van der Waals surface area contributed by atoms with Gasteiger partial charge in [0.15, 0.2) is 0 Å². The number of nitrogens with zero attached hydrogens (tertiary/aromatic N) is 2. The van der Waals surface area contributed by atoms with E-state index in [-0.39, 0.29) is 17.9 Å². The van der Waals surface area contributed by atoms with Crippen molar-refractivity contribution in [2.45, 2.75) is 25.9 Å².